The van der Waals surface area contributed by atoms with Crippen LogP contribution < -0.4 is 10.6 Å². The monoisotopic (exact) mass is 278 g/mol. The van der Waals surface area contributed by atoms with Crippen LogP contribution in [0.15, 0.2) is 12.7 Å². The minimum Gasteiger partial charge on any atom is -0.338 e. The molecule has 0 fully saturated rings. The summed E-state index contributed by atoms with van der Waals surface area (Å²) in [6.45, 7) is 10.4. The van der Waals surface area contributed by atoms with Crippen LogP contribution in [0, 0.1) is 13.8 Å². The number of nitrogens with one attached hydrogen (secondary N) is 2. The van der Waals surface area contributed by atoms with E-state index in [-0.39, 0.29) is 12.1 Å². The largest absolute Gasteiger partial charge is 0.338 e. The summed E-state index contributed by atoms with van der Waals surface area (Å²) < 4.78 is 1.88. The number of aromatic nitrogens is 2. The van der Waals surface area contributed by atoms with Crippen molar-refractivity contribution in [1.82, 2.24) is 20.4 Å². The van der Waals surface area contributed by atoms with Gasteiger partial charge >= 0.3 is 6.03 Å². The van der Waals surface area contributed by atoms with Crippen LogP contribution in [0.5, 0.6) is 0 Å². The molecule has 20 heavy (non-hydrogen) atoms. The maximum absolute atomic E-state index is 11.8. The van der Waals surface area contributed by atoms with Gasteiger partial charge in [-0.1, -0.05) is 13.0 Å². The second-order valence-corrected chi connectivity index (χ2v) is 5.05. The number of hydrogen-bond donors (Lipinski definition) is 2. The lowest BCUT2D eigenvalue weighted by atomic mass is 10.1. The SMILES string of the molecule is C=CC[C@H](CC)NC(=O)NCCc1c(C)nn(C)c1C. The predicted octanol–water partition coefficient (Wildman–Crippen LogP) is 2.23. The summed E-state index contributed by atoms with van der Waals surface area (Å²) in [6.07, 6.45) is 4.33. The lowest BCUT2D eigenvalue weighted by molar-refractivity contribution is 0.236. The summed E-state index contributed by atoms with van der Waals surface area (Å²) >= 11 is 0. The highest BCUT2D eigenvalue weighted by atomic mass is 16.2. The standard InChI is InChI=1S/C15H26N4O/c1-6-8-13(7-2)17-15(20)16-10-9-14-11(3)18-19(5)12(14)4/h6,13H,1,7-10H2,2-5H3,(H2,16,17,20)/t13-/m0/s1. The van der Waals surface area contributed by atoms with Gasteiger partial charge in [0, 0.05) is 25.3 Å². The lowest BCUT2D eigenvalue weighted by Crippen LogP contribution is -2.42. The topological polar surface area (TPSA) is 59.0 Å². The molecule has 0 bridgehead atoms. The van der Waals surface area contributed by atoms with E-state index in [2.05, 4.69) is 29.2 Å². The van der Waals surface area contributed by atoms with Gasteiger partial charge in [0.1, 0.15) is 0 Å². The number of amides is 2. The first-order valence-corrected chi connectivity index (χ1v) is 7.13. The first-order chi connectivity index (χ1) is 9.49. The third kappa shape index (κ3) is 4.40. The molecule has 0 aliphatic rings. The fourth-order valence-corrected chi connectivity index (χ4v) is 2.25. The minimum absolute atomic E-state index is 0.113. The Kier molecular flexibility index (Phi) is 6.28. The zero-order valence-electron chi connectivity index (χ0n) is 13.0. The Balaban J connectivity index is 2.40. The first-order valence-electron chi connectivity index (χ1n) is 7.13. The summed E-state index contributed by atoms with van der Waals surface area (Å²) in [6, 6.07) is 0.0484. The quantitative estimate of drug-likeness (QED) is 0.751. The summed E-state index contributed by atoms with van der Waals surface area (Å²) in [5.41, 5.74) is 3.40. The number of nitrogens with zero attached hydrogens (tertiary/aromatic N) is 2. The molecule has 5 heteroatoms. The highest BCUT2D eigenvalue weighted by Gasteiger charge is 2.11. The Morgan fingerprint density at radius 3 is 2.70 bits per heavy atom. The normalized spacial score (nSPS) is 12.0. The maximum atomic E-state index is 11.8. The number of urea groups is 1. The average molecular weight is 278 g/mol. The molecular formula is C15H26N4O. The van der Waals surface area contributed by atoms with Gasteiger partial charge in [-0.05, 0) is 38.7 Å². The van der Waals surface area contributed by atoms with Gasteiger partial charge in [0.25, 0.3) is 0 Å². The molecule has 0 radical (unpaired) electrons. The number of rotatable bonds is 7. The summed E-state index contributed by atoms with van der Waals surface area (Å²) in [5.74, 6) is 0. The maximum Gasteiger partial charge on any atom is 0.315 e. The molecule has 0 aliphatic carbocycles. The van der Waals surface area contributed by atoms with E-state index in [1.54, 1.807) is 0 Å². The highest BCUT2D eigenvalue weighted by Crippen LogP contribution is 2.11. The van der Waals surface area contributed by atoms with Crippen LogP contribution in [0.3, 0.4) is 0 Å². The van der Waals surface area contributed by atoms with Gasteiger partial charge in [0.15, 0.2) is 0 Å². The summed E-state index contributed by atoms with van der Waals surface area (Å²) in [5, 5.41) is 10.2. The van der Waals surface area contributed by atoms with Crippen LogP contribution in [0.25, 0.3) is 0 Å². The van der Waals surface area contributed by atoms with E-state index in [4.69, 9.17) is 0 Å². The van der Waals surface area contributed by atoms with Crippen LogP contribution >= 0.6 is 0 Å². The van der Waals surface area contributed by atoms with E-state index >= 15 is 0 Å². The molecular weight excluding hydrogens is 252 g/mol. The van der Waals surface area contributed by atoms with Crippen molar-refractivity contribution < 1.29 is 4.79 Å². The number of carbonyl (C=O) groups excluding carboxylic acids is 1. The fraction of sp³-hybridized carbons (Fsp3) is 0.600. The number of hydrogen-bond acceptors (Lipinski definition) is 2. The Bertz CT molecular complexity index is 465. The first kappa shape index (κ1) is 16.3. The van der Waals surface area contributed by atoms with Gasteiger partial charge in [0.05, 0.1) is 5.69 Å². The van der Waals surface area contributed by atoms with Crippen LogP contribution in [0.1, 0.15) is 36.7 Å². The van der Waals surface area contributed by atoms with E-state index in [1.807, 2.05) is 31.7 Å². The Morgan fingerprint density at radius 2 is 2.20 bits per heavy atom. The second kappa shape index (κ2) is 7.72. The minimum atomic E-state index is -0.113. The third-order valence-corrected chi connectivity index (χ3v) is 3.60. The van der Waals surface area contributed by atoms with Gasteiger partial charge in [-0.25, -0.2) is 4.79 Å². The molecule has 1 heterocycles. The highest BCUT2D eigenvalue weighted by molar-refractivity contribution is 5.74. The molecule has 1 aromatic heterocycles. The van der Waals surface area contributed by atoms with Gasteiger partial charge in [-0.2, -0.15) is 5.10 Å². The van der Waals surface area contributed by atoms with Crippen molar-refractivity contribution in [2.45, 2.75) is 46.1 Å². The molecule has 5 nitrogen and oxygen atoms in total. The van der Waals surface area contributed by atoms with Crippen LogP contribution in [0.4, 0.5) is 4.79 Å². The molecule has 1 aromatic rings. The molecule has 0 spiro atoms. The molecule has 0 unspecified atom stereocenters. The molecule has 112 valence electrons. The number of aryl methyl sites for hydroxylation is 2. The number of carbonyl (C=O) groups is 1. The van der Waals surface area contributed by atoms with Crippen molar-refractivity contribution in [3.8, 4) is 0 Å². The second-order valence-electron chi connectivity index (χ2n) is 5.05. The van der Waals surface area contributed by atoms with E-state index < -0.39 is 0 Å². The molecule has 0 saturated heterocycles. The zero-order chi connectivity index (χ0) is 15.1. The molecule has 1 atom stereocenters. The van der Waals surface area contributed by atoms with E-state index in [9.17, 15) is 4.79 Å². The molecule has 0 aliphatic heterocycles. The van der Waals surface area contributed by atoms with E-state index in [1.165, 1.54) is 5.56 Å². The van der Waals surface area contributed by atoms with Crippen molar-refractivity contribution in [3.63, 3.8) is 0 Å². The van der Waals surface area contributed by atoms with Gasteiger partial charge in [-0.15, -0.1) is 6.58 Å². The zero-order valence-corrected chi connectivity index (χ0v) is 13.0. The van der Waals surface area contributed by atoms with Crippen LogP contribution in [0.2, 0.25) is 0 Å². The smallest absolute Gasteiger partial charge is 0.315 e. The van der Waals surface area contributed by atoms with Gasteiger partial charge in [0.2, 0.25) is 0 Å². The predicted molar refractivity (Wildman–Crippen MR) is 81.8 cm³/mol. The van der Waals surface area contributed by atoms with Crippen molar-refractivity contribution in [3.05, 3.63) is 29.6 Å². The van der Waals surface area contributed by atoms with Crippen molar-refractivity contribution >= 4 is 6.03 Å². The molecule has 2 amide bonds. The molecule has 0 saturated carbocycles. The van der Waals surface area contributed by atoms with Gasteiger partial charge < -0.3 is 10.6 Å². The van der Waals surface area contributed by atoms with Crippen molar-refractivity contribution in [1.29, 1.82) is 0 Å². The van der Waals surface area contributed by atoms with E-state index in [0.29, 0.717) is 6.54 Å². The molecule has 0 aromatic carbocycles. The summed E-state index contributed by atoms with van der Waals surface area (Å²) in [4.78, 5) is 11.8. The van der Waals surface area contributed by atoms with Crippen molar-refractivity contribution in [2.75, 3.05) is 6.54 Å². The Hall–Kier alpha value is -1.78. The van der Waals surface area contributed by atoms with Crippen LogP contribution in [-0.4, -0.2) is 28.4 Å². The fourth-order valence-electron chi connectivity index (χ4n) is 2.25. The lowest BCUT2D eigenvalue weighted by Gasteiger charge is -2.15. The molecule has 1 rings (SSSR count). The van der Waals surface area contributed by atoms with Crippen molar-refractivity contribution in [2.24, 2.45) is 7.05 Å². The van der Waals surface area contributed by atoms with E-state index in [0.717, 1.165) is 30.7 Å². The third-order valence-electron chi connectivity index (χ3n) is 3.60. The molecule has 2 N–H and O–H groups in total. The van der Waals surface area contributed by atoms with Gasteiger partial charge in [-0.3, -0.25) is 4.68 Å². The Labute approximate surface area is 121 Å². The average Bonchev–Trinajstić information content (AvgIpc) is 2.64. The summed E-state index contributed by atoms with van der Waals surface area (Å²) in [7, 11) is 1.94. The van der Waals surface area contributed by atoms with Crippen LogP contribution in [-0.2, 0) is 13.5 Å². The Morgan fingerprint density at radius 1 is 1.50 bits per heavy atom.